The van der Waals surface area contributed by atoms with Gasteiger partial charge in [0.2, 0.25) is 0 Å². The first kappa shape index (κ1) is 16.4. The standard InChI is InChI=1S/C14H13F2N3O4/c1-7-3-4-9(10(5-7)23-14(15)16)18-12(20)11-8(13(21)22)6-17-19(11)2/h3-6,14H,1-2H3,(H,18,20)(H,21,22). The normalized spacial score (nSPS) is 10.7. The Labute approximate surface area is 129 Å². The molecule has 0 spiro atoms. The molecule has 0 atom stereocenters. The largest absolute Gasteiger partial charge is 0.478 e. The first-order valence-electron chi connectivity index (χ1n) is 6.41. The van der Waals surface area contributed by atoms with Gasteiger partial charge in [0.15, 0.2) is 0 Å². The Morgan fingerprint density at radius 1 is 1.39 bits per heavy atom. The fourth-order valence-electron chi connectivity index (χ4n) is 1.97. The Hall–Kier alpha value is -2.97. The Kier molecular flexibility index (Phi) is 4.58. The lowest BCUT2D eigenvalue weighted by molar-refractivity contribution is -0.0494. The molecule has 7 nitrogen and oxygen atoms in total. The minimum Gasteiger partial charge on any atom is -0.478 e. The van der Waals surface area contributed by atoms with Gasteiger partial charge in [-0.25, -0.2) is 4.79 Å². The molecule has 0 saturated carbocycles. The van der Waals surface area contributed by atoms with E-state index in [1.165, 1.54) is 19.2 Å². The maximum atomic E-state index is 12.5. The molecule has 0 aliphatic heterocycles. The molecule has 0 radical (unpaired) electrons. The molecule has 0 saturated heterocycles. The average Bonchev–Trinajstić information content (AvgIpc) is 2.83. The summed E-state index contributed by atoms with van der Waals surface area (Å²) in [6, 6.07) is 4.32. The molecule has 1 aromatic carbocycles. The van der Waals surface area contributed by atoms with Gasteiger partial charge in [-0.05, 0) is 24.6 Å². The number of aromatic nitrogens is 2. The first-order chi connectivity index (χ1) is 10.8. The second-order valence-corrected chi connectivity index (χ2v) is 4.67. The zero-order valence-corrected chi connectivity index (χ0v) is 12.2. The summed E-state index contributed by atoms with van der Waals surface area (Å²) < 4.78 is 30.4. The fraction of sp³-hybridized carbons (Fsp3) is 0.214. The summed E-state index contributed by atoms with van der Waals surface area (Å²) in [5.74, 6) is -2.34. The van der Waals surface area contributed by atoms with E-state index < -0.39 is 18.5 Å². The summed E-state index contributed by atoms with van der Waals surface area (Å²) in [6.07, 6.45) is 1.03. The van der Waals surface area contributed by atoms with Gasteiger partial charge in [-0.2, -0.15) is 13.9 Å². The highest BCUT2D eigenvalue weighted by molar-refractivity contribution is 6.10. The number of hydrogen-bond acceptors (Lipinski definition) is 4. The van der Waals surface area contributed by atoms with E-state index in [2.05, 4.69) is 15.2 Å². The van der Waals surface area contributed by atoms with Crippen LogP contribution in [-0.2, 0) is 7.05 Å². The number of benzene rings is 1. The lowest BCUT2D eigenvalue weighted by Gasteiger charge is -2.13. The number of nitrogens with one attached hydrogen (secondary N) is 1. The maximum Gasteiger partial charge on any atom is 0.387 e. The minimum absolute atomic E-state index is 0.00145. The first-order valence-corrected chi connectivity index (χ1v) is 6.41. The molecule has 1 heterocycles. The highest BCUT2D eigenvalue weighted by atomic mass is 19.3. The molecule has 2 rings (SSSR count). The van der Waals surface area contributed by atoms with Crippen LogP contribution in [0.25, 0.3) is 0 Å². The number of carbonyl (C=O) groups is 2. The predicted molar refractivity (Wildman–Crippen MR) is 75.9 cm³/mol. The summed E-state index contributed by atoms with van der Waals surface area (Å²) in [6.45, 7) is -1.38. The quantitative estimate of drug-likeness (QED) is 0.879. The van der Waals surface area contributed by atoms with Gasteiger partial charge in [-0.3, -0.25) is 9.48 Å². The molecule has 1 aromatic heterocycles. The van der Waals surface area contributed by atoms with Crippen molar-refractivity contribution in [1.29, 1.82) is 0 Å². The molecular formula is C14H13F2N3O4. The Morgan fingerprint density at radius 2 is 2.09 bits per heavy atom. The number of amides is 1. The number of ether oxygens (including phenoxy) is 1. The number of carboxylic acids is 1. The number of aryl methyl sites for hydroxylation is 2. The lowest BCUT2D eigenvalue weighted by atomic mass is 10.2. The molecule has 0 bridgehead atoms. The van der Waals surface area contributed by atoms with Crippen LogP contribution in [0.1, 0.15) is 26.4 Å². The second kappa shape index (κ2) is 6.42. The smallest absolute Gasteiger partial charge is 0.387 e. The molecule has 2 N–H and O–H groups in total. The van der Waals surface area contributed by atoms with Crippen LogP contribution in [0.2, 0.25) is 0 Å². The van der Waals surface area contributed by atoms with Crippen LogP contribution >= 0.6 is 0 Å². The number of anilines is 1. The van der Waals surface area contributed by atoms with Crippen molar-refractivity contribution in [3.05, 3.63) is 41.2 Å². The number of nitrogens with zero attached hydrogens (tertiary/aromatic N) is 2. The molecule has 122 valence electrons. The summed E-state index contributed by atoms with van der Waals surface area (Å²) in [4.78, 5) is 23.4. The SMILES string of the molecule is Cc1ccc(NC(=O)c2c(C(=O)O)cnn2C)c(OC(F)F)c1. The topological polar surface area (TPSA) is 93.5 Å². The van der Waals surface area contributed by atoms with Gasteiger partial charge in [0.1, 0.15) is 17.0 Å². The number of halogens is 2. The van der Waals surface area contributed by atoms with Crippen LogP contribution < -0.4 is 10.1 Å². The van der Waals surface area contributed by atoms with E-state index >= 15 is 0 Å². The van der Waals surface area contributed by atoms with E-state index in [1.54, 1.807) is 13.0 Å². The van der Waals surface area contributed by atoms with Crippen LogP contribution in [-0.4, -0.2) is 33.4 Å². The third-order valence-electron chi connectivity index (χ3n) is 2.99. The Bertz CT molecular complexity index is 758. The van der Waals surface area contributed by atoms with Gasteiger partial charge in [-0.1, -0.05) is 6.07 Å². The Balaban J connectivity index is 2.34. The summed E-state index contributed by atoms with van der Waals surface area (Å²) in [5.41, 5.74) is 0.151. The average molecular weight is 325 g/mol. The lowest BCUT2D eigenvalue weighted by Crippen LogP contribution is -2.20. The van der Waals surface area contributed by atoms with Crippen molar-refractivity contribution in [2.75, 3.05) is 5.32 Å². The van der Waals surface area contributed by atoms with E-state index in [4.69, 9.17) is 5.11 Å². The summed E-state index contributed by atoms with van der Waals surface area (Å²) in [7, 11) is 1.40. The molecular weight excluding hydrogens is 312 g/mol. The number of rotatable bonds is 5. The summed E-state index contributed by atoms with van der Waals surface area (Å²) in [5, 5.41) is 15.1. The number of alkyl halides is 2. The van der Waals surface area contributed by atoms with Crippen molar-refractivity contribution in [1.82, 2.24) is 9.78 Å². The molecule has 0 aliphatic rings. The Morgan fingerprint density at radius 3 is 2.70 bits per heavy atom. The maximum absolute atomic E-state index is 12.5. The molecule has 0 unspecified atom stereocenters. The van der Waals surface area contributed by atoms with Gasteiger partial charge in [0, 0.05) is 7.05 Å². The van der Waals surface area contributed by atoms with Crippen molar-refractivity contribution in [2.45, 2.75) is 13.5 Å². The van der Waals surface area contributed by atoms with Crippen molar-refractivity contribution >= 4 is 17.6 Å². The van der Waals surface area contributed by atoms with Crippen LogP contribution in [0.3, 0.4) is 0 Å². The number of hydrogen-bond donors (Lipinski definition) is 2. The number of carboxylic acid groups (broad SMARTS) is 1. The van der Waals surface area contributed by atoms with E-state index in [-0.39, 0.29) is 22.7 Å². The molecule has 2 aromatic rings. The van der Waals surface area contributed by atoms with E-state index in [9.17, 15) is 18.4 Å². The zero-order valence-electron chi connectivity index (χ0n) is 12.2. The minimum atomic E-state index is -3.06. The zero-order chi connectivity index (χ0) is 17.1. The van der Waals surface area contributed by atoms with Crippen molar-refractivity contribution in [2.24, 2.45) is 7.05 Å². The van der Waals surface area contributed by atoms with Crippen molar-refractivity contribution < 1.29 is 28.2 Å². The molecule has 23 heavy (non-hydrogen) atoms. The second-order valence-electron chi connectivity index (χ2n) is 4.67. The predicted octanol–water partition coefficient (Wildman–Crippen LogP) is 2.28. The number of aromatic carboxylic acids is 1. The van der Waals surface area contributed by atoms with Gasteiger partial charge >= 0.3 is 12.6 Å². The summed E-state index contributed by atoms with van der Waals surface area (Å²) >= 11 is 0. The van der Waals surface area contributed by atoms with E-state index in [0.717, 1.165) is 10.9 Å². The molecule has 1 amide bonds. The fourth-order valence-corrected chi connectivity index (χ4v) is 1.97. The number of carbonyl (C=O) groups excluding carboxylic acids is 1. The van der Waals surface area contributed by atoms with Crippen LogP contribution in [0.15, 0.2) is 24.4 Å². The van der Waals surface area contributed by atoms with Gasteiger partial charge in [0.05, 0.1) is 11.9 Å². The third kappa shape index (κ3) is 3.62. The van der Waals surface area contributed by atoms with E-state index in [0.29, 0.717) is 5.56 Å². The van der Waals surface area contributed by atoms with Crippen molar-refractivity contribution in [3.8, 4) is 5.75 Å². The van der Waals surface area contributed by atoms with E-state index in [1.807, 2.05) is 0 Å². The third-order valence-corrected chi connectivity index (χ3v) is 2.99. The van der Waals surface area contributed by atoms with Crippen LogP contribution in [0.4, 0.5) is 14.5 Å². The van der Waals surface area contributed by atoms with Crippen molar-refractivity contribution in [3.63, 3.8) is 0 Å². The van der Waals surface area contributed by atoms with Crippen LogP contribution in [0, 0.1) is 6.92 Å². The molecule has 9 heteroatoms. The van der Waals surface area contributed by atoms with Gasteiger partial charge < -0.3 is 15.2 Å². The molecule has 0 aliphatic carbocycles. The highest BCUT2D eigenvalue weighted by Crippen LogP contribution is 2.28. The molecule has 0 fully saturated rings. The van der Waals surface area contributed by atoms with Gasteiger partial charge in [0.25, 0.3) is 5.91 Å². The highest BCUT2D eigenvalue weighted by Gasteiger charge is 2.23. The monoisotopic (exact) mass is 325 g/mol. The van der Waals surface area contributed by atoms with Gasteiger partial charge in [-0.15, -0.1) is 0 Å². The van der Waals surface area contributed by atoms with Crippen LogP contribution in [0.5, 0.6) is 5.75 Å².